The Kier molecular flexibility index (Phi) is 5.01. The highest BCUT2D eigenvalue weighted by Crippen LogP contribution is 2.39. The van der Waals surface area contributed by atoms with Gasteiger partial charge in [0.15, 0.2) is 0 Å². The normalized spacial score (nSPS) is 25.5. The molecule has 106 valence electrons. The third-order valence-corrected chi connectivity index (χ3v) is 5.26. The molecule has 0 aromatic rings. The van der Waals surface area contributed by atoms with E-state index in [4.69, 9.17) is 0 Å². The van der Waals surface area contributed by atoms with Gasteiger partial charge in [-0.2, -0.15) is 11.8 Å². The molecule has 1 heterocycles. The second-order valence-electron chi connectivity index (χ2n) is 7.20. The Morgan fingerprint density at radius 2 is 1.72 bits per heavy atom. The summed E-state index contributed by atoms with van der Waals surface area (Å²) in [4.78, 5) is 2.71. The summed E-state index contributed by atoms with van der Waals surface area (Å²) < 4.78 is 0. The monoisotopic (exact) mass is 270 g/mol. The van der Waals surface area contributed by atoms with E-state index in [1.54, 1.807) is 0 Å². The van der Waals surface area contributed by atoms with E-state index >= 15 is 0 Å². The number of nitrogens with zero attached hydrogens (tertiary/aromatic N) is 1. The van der Waals surface area contributed by atoms with Crippen LogP contribution in [0.2, 0.25) is 0 Å². The molecule has 0 bridgehead atoms. The predicted octanol–water partition coefficient (Wildman–Crippen LogP) is 2.98. The van der Waals surface area contributed by atoms with Gasteiger partial charge in [-0.3, -0.25) is 0 Å². The van der Waals surface area contributed by atoms with E-state index < -0.39 is 0 Å². The van der Waals surface area contributed by atoms with Crippen LogP contribution in [0.15, 0.2) is 0 Å². The van der Waals surface area contributed by atoms with Crippen molar-refractivity contribution in [2.45, 2.75) is 52.0 Å². The van der Waals surface area contributed by atoms with Crippen LogP contribution in [0.5, 0.6) is 0 Å². The van der Waals surface area contributed by atoms with E-state index in [0.29, 0.717) is 5.41 Å². The van der Waals surface area contributed by atoms with Gasteiger partial charge in [-0.25, -0.2) is 0 Å². The third-order valence-electron chi connectivity index (χ3n) is 4.32. The molecular formula is C15H30N2S. The molecule has 1 saturated heterocycles. The average molecular weight is 270 g/mol. The lowest BCUT2D eigenvalue weighted by molar-refractivity contribution is 0.149. The first-order valence-corrected chi connectivity index (χ1v) is 8.70. The van der Waals surface area contributed by atoms with Crippen molar-refractivity contribution in [1.29, 1.82) is 0 Å². The van der Waals surface area contributed by atoms with E-state index in [9.17, 15) is 0 Å². The molecule has 3 heteroatoms. The molecule has 0 radical (unpaired) electrons. The second kappa shape index (κ2) is 6.15. The molecule has 1 aliphatic carbocycles. The van der Waals surface area contributed by atoms with Crippen LogP contribution in [0, 0.1) is 5.41 Å². The van der Waals surface area contributed by atoms with Crippen LogP contribution in [0.25, 0.3) is 0 Å². The fraction of sp³-hybridized carbons (Fsp3) is 1.00. The molecule has 0 aromatic carbocycles. The van der Waals surface area contributed by atoms with Gasteiger partial charge in [0.25, 0.3) is 0 Å². The Labute approximate surface area is 117 Å². The molecule has 2 rings (SSSR count). The van der Waals surface area contributed by atoms with Crippen molar-refractivity contribution in [3.63, 3.8) is 0 Å². The fourth-order valence-corrected chi connectivity index (χ4v) is 4.18. The predicted molar refractivity (Wildman–Crippen MR) is 82.4 cm³/mol. The van der Waals surface area contributed by atoms with Crippen LogP contribution >= 0.6 is 11.8 Å². The Balaban J connectivity index is 1.89. The highest BCUT2D eigenvalue weighted by molar-refractivity contribution is 7.99. The van der Waals surface area contributed by atoms with E-state index in [2.05, 4.69) is 42.7 Å². The number of thioether (sulfide) groups is 1. The standard InChI is InChI=1S/C15H30N2S/c1-14(2,3)16-12-15(6-4-5-7-15)13-17-8-10-18-11-9-17/h16H,4-13H2,1-3H3. The minimum absolute atomic E-state index is 0.257. The number of nitrogens with one attached hydrogen (secondary N) is 1. The summed E-state index contributed by atoms with van der Waals surface area (Å²) in [6.07, 6.45) is 5.74. The van der Waals surface area contributed by atoms with Crippen molar-refractivity contribution in [3.8, 4) is 0 Å². The maximum Gasteiger partial charge on any atom is 0.00967 e. The summed E-state index contributed by atoms with van der Waals surface area (Å²) in [5.74, 6) is 2.67. The van der Waals surface area contributed by atoms with Crippen LogP contribution in [-0.2, 0) is 0 Å². The van der Waals surface area contributed by atoms with Crippen molar-refractivity contribution >= 4 is 11.8 Å². The first kappa shape index (κ1) is 14.7. The van der Waals surface area contributed by atoms with Gasteiger partial charge in [0, 0.05) is 43.2 Å². The summed E-state index contributed by atoms with van der Waals surface area (Å²) >= 11 is 2.12. The second-order valence-corrected chi connectivity index (χ2v) is 8.42. The third kappa shape index (κ3) is 4.43. The lowest BCUT2D eigenvalue weighted by Gasteiger charge is -2.39. The van der Waals surface area contributed by atoms with Crippen LogP contribution in [0.4, 0.5) is 0 Å². The summed E-state index contributed by atoms with van der Waals surface area (Å²) in [6.45, 7) is 12.0. The van der Waals surface area contributed by atoms with E-state index in [1.807, 2.05) is 0 Å². The Hall–Kier alpha value is 0.270. The molecule has 0 unspecified atom stereocenters. The molecule has 1 N–H and O–H groups in total. The van der Waals surface area contributed by atoms with Gasteiger partial charge in [-0.05, 0) is 39.0 Å². The zero-order valence-electron chi connectivity index (χ0n) is 12.4. The largest absolute Gasteiger partial charge is 0.311 e. The molecule has 1 saturated carbocycles. The van der Waals surface area contributed by atoms with Crippen molar-refractivity contribution in [3.05, 3.63) is 0 Å². The zero-order valence-corrected chi connectivity index (χ0v) is 13.2. The van der Waals surface area contributed by atoms with Gasteiger partial charge < -0.3 is 10.2 Å². The lowest BCUT2D eigenvalue weighted by atomic mass is 9.84. The summed E-state index contributed by atoms with van der Waals surface area (Å²) in [5.41, 5.74) is 0.822. The maximum absolute atomic E-state index is 3.76. The minimum atomic E-state index is 0.257. The summed E-state index contributed by atoms with van der Waals surface area (Å²) in [6, 6.07) is 0. The first-order chi connectivity index (χ1) is 8.49. The van der Waals surface area contributed by atoms with Crippen LogP contribution in [-0.4, -0.2) is 48.1 Å². The number of hydrogen-bond donors (Lipinski definition) is 1. The van der Waals surface area contributed by atoms with Gasteiger partial charge in [-0.15, -0.1) is 0 Å². The van der Waals surface area contributed by atoms with Gasteiger partial charge in [0.05, 0.1) is 0 Å². The summed E-state index contributed by atoms with van der Waals surface area (Å²) in [7, 11) is 0. The quantitative estimate of drug-likeness (QED) is 0.845. The number of hydrogen-bond acceptors (Lipinski definition) is 3. The highest BCUT2D eigenvalue weighted by Gasteiger charge is 2.36. The highest BCUT2D eigenvalue weighted by atomic mass is 32.2. The van der Waals surface area contributed by atoms with Gasteiger partial charge in [0.2, 0.25) is 0 Å². The first-order valence-electron chi connectivity index (χ1n) is 7.54. The molecule has 2 fully saturated rings. The van der Waals surface area contributed by atoms with E-state index in [1.165, 1.54) is 63.4 Å². The molecule has 1 aliphatic heterocycles. The summed E-state index contributed by atoms with van der Waals surface area (Å²) in [5, 5.41) is 3.76. The fourth-order valence-electron chi connectivity index (χ4n) is 3.20. The maximum atomic E-state index is 3.76. The topological polar surface area (TPSA) is 15.3 Å². The van der Waals surface area contributed by atoms with E-state index in [-0.39, 0.29) is 5.54 Å². The average Bonchev–Trinajstić information content (AvgIpc) is 2.76. The lowest BCUT2D eigenvalue weighted by Crippen LogP contribution is -2.49. The van der Waals surface area contributed by atoms with Crippen LogP contribution in [0.1, 0.15) is 46.5 Å². The van der Waals surface area contributed by atoms with Crippen LogP contribution in [0.3, 0.4) is 0 Å². The Bertz CT molecular complexity index is 248. The van der Waals surface area contributed by atoms with E-state index in [0.717, 1.165) is 0 Å². The SMILES string of the molecule is CC(C)(C)NCC1(CN2CCSCC2)CCCC1. The molecule has 0 amide bonds. The van der Waals surface area contributed by atoms with Gasteiger partial charge in [-0.1, -0.05) is 12.8 Å². The molecule has 0 atom stereocenters. The molecule has 2 aliphatic rings. The number of rotatable bonds is 4. The van der Waals surface area contributed by atoms with Crippen molar-refractivity contribution in [2.75, 3.05) is 37.7 Å². The Morgan fingerprint density at radius 3 is 2.28 bits per heavy atom. The molecular weight excluding hydrogens is 240 g/mol. The van der Waals surface area contributed by atoms with Crippen LogP contribution < -0.4 is 5.32 Å². The smallest absolute Gasteiger partial charge is 0.00967 e. The van der Waals surface area contributed by atoms with Crippen molar-refractivity contribution < 1.29 is 0 Å². The van der Waals surface area contributed by atoms with Crippen molar-refractivity contribution in [1.82, 2.24) is 10.2 Å². The van der Waals surface area contributed by atoms with Crippen molar-refractivity contribution in [2.24, 2.45) is 5.41 Å². The molecule has 18 heavy (non-hydrogen) atoms. The Morgan fingerprint density at radius 1 is 1.11 bits per heavy atom. The molecule has 0 spiro atoms. The minimum Gasteiger partial charge on any atom is -0.311 e. The van der Waals surface area contributed by atoms with Gasteiger partial charge in [0.1, 0.15) is 0 Å². The zero-order chi connectivity index (χ0) is 13.1. The molecule has 2 nitrogen and oxygen atoms in total. The van der Waals surface area contributed by atoms with Gasteiger partial charge >= 0.3 is 0 Å². The molecule has 0 aromatic heterocycles.